The van der Waals surface area contributed by atoms with Gasteiger partial charge in [0.2, 0.25) is 12.0 Å². The Labute approximate surface area is 175 Å². The fourth-order valence-electron chi connectivity index (χ4n) is 3.81. The van der Waals surface area contributed by atoms with Gasteiger partial charge in [-0.05, 0) is 24.3 Å². The summed E-state index contributed by atoms with van der Waals surface area (Å²) in [5, 5.41) is 0.896. The zero-order chi connectivity index (χ0) is 20.6. The lowest BCUT2D eigenvalue weighted by Crippen LogP contribution is -2.40. The molecule has 3 heterocycles. The molecule has 1 aliphatic heterocycles. The first-order chi connectivity index (χ1) is 14.6. The van der Waals surface area contributed by atoms with Gasteiger partial charge >= 0.3 is 0 Å². The van der Waals surface area contributed by atoms with Crippen LogP contribution in [-0.4, -0.2) is 25.6 Å². The van der Waals surface area contributed by atoms with Crippen molar-refractivity contribution in [1.82, 2.24) is 3.97 Å². The zero-order valence-corrected chi connectivity index (χ0v) is 17.0. The molecular formula is C23H21N2O4S+. The van der Waals surface area contributed by atoms with E-state index in [1.54, 1.807) is 36.5 Å². The van der Waals surface area contributed by atoms with Crippen LogP contribution < -0.4 is 4.57 Å². The number of pyridine rings is 1. The van der Waals surface area contributed by atoms with Crippen LogP contribution in [0.25, 0.3) is 10.9 Å². The molecule has 2 aromatic carbocycles. The average molecular weight is 421 g/mol. The van der Waals surface area contributed by atoms with Crippen molar-refractivity contribution < 1.29 is 22.5 Å². The summed E-state index contributed by atoms with van der Waals surface area (Å²) >= 11 is 0. The van der Waals surface area contributed by atoms with Crippen LogP contribution in [0.4, 0.5) is 0 Å². The Kier molecular flexibility index (Phi) is 4.86. The van der Waals surface area contributed by atoms with Crippen molar-refractivity contribution in [2.45, 2.75) is 17.7 Å². The van der Waals surface area contributed by atoms with Gasteiger partial charge in [0, 0.05) is 29.3 Å². The summed E-state index contributed by atoms with van der Waals surface area (Å²) < 4.78 is 41.4. The van der Waals surface area contributed by atoms with Crippen LogP contribution in [0, 0.1) is 0 Å². The number of hydrogen-bond acceptors (Lipinski definition) is 4. The van der Waals surface area contributed by atoms with E-state index in [4.69, 9.17) is 9.47 Å². The quantitative estimate of drug-likeness (QED) is 0.464. The maximum Gasteiger partial charge on any atom is 0.268 e. The van der Waals surface area contributed by atoms with E-state index in [2.05, 4.69) is 0 Å². The van der Waals surface area contributed by atoms with Gasteiger partial charge in [-0.3, -0.25) is 0 Å². The zero-order valence-electron chi connectivity index (χ0n) is 16.2. The topological polar surface area (TPSA) is 61.4 Å². The molecule has 5 rings (SSSR count). The molecule has 1 aliphatic rings. The summed E-state index contributed by atoms with van der Waals surface area (Å²) in [7, 11) is -3.70. The molecule has 0 saturated carbocycles. The minimum absolute atomic E-state index is 0.262. The fourth-order valence-corrected chi connectivity index (χ4v) is 5.22. The number of aromatic nitrogens is 2. The Balaban J connectivity index is 1.61. The van der Waals surface area contributed by atoms with Gasteiger partial charge in [-0.25, -0.2) is 12.4 Å². The van der Waals surface area contributed by atoms with Crippen LogP contribution in [0.2, 0.25) is 0 Å². The molecule has 6 nitrogen and oxygen atoms in total. The lowest BCUT2D eigenvalue weighted by molar-refractivity contribution is -0.701. The Morgan fingerprint density at radius 2 is 1.60 bits per heavy atom. The van der Waals surface area contributed by atoms with Crippen molar-refractivity contribution >= 4 is 20.9 Å². The standard InChI is InChI=1S/C23H21N2O4S/c26-30(27,19-8-2-1-3-9-19)25-17-18(20-10-4-5-11-21(20)25)16-24-13-7-6-12-22(24)23-28-14-15-29-23/h1-13,17,23H,14-16H2/q+1. The molecule has 7 heteroatoms. The minimum atomic E-state index is -3.70. The van der Waals surface area contributed by atoms with Crippen molar-refractivity contribution in [3.63, 3.8) is 0 Å². The highest BCUT2D eigenvalue weighted by molar-refractivity contribution is 7.90. The minimum Gasteiger partial charge on any atom is -0.341 e. The molecule has 30 heavy (non-hydrogen) atoms. The molecule has 0 spiro atoms. The highest BCUT2D eigenvalue weighted by Gasteiger charge is 2.28. The van der Waals surface area contributed by atoms with Crippen molar-refractivity contribution in [2.24, 2.45) is 0 Å². The Morgan fingerprint density at radius 1 is 0.900 bits per heavy atom. The van der Waals surface area contributed by atoms with Crippen molar-refractivity contribution in [1.29, 1.82) is 0 Å². The van der Waals surface area contributed by atoms with Gasteiger partial charge in [0.05, 0.1) is 23.6 Å². The molecule has 0 radical (unpaired) electrons. The third-order valence-corrected chi connectivity index (χ3v) is 6.93. The third kappa shape index (κ3) is 3.31. The lowest BCUT2D eigenvalue weighted by Gasteiger charge is -2.08. The average Bonchev–Trinajstić information content (AvgIpc) is 3.44. The van der Waals surface area contributed by atoms with Gasteiger partial charge in [-0.1, -0.05) is 36.4 Å². The van der Waals surface area contributed by atoms with Gasteiger partial charge in [0.15, 0.2) is 12.7 Å². The molecule has 1 saturated heterocycles. The molecule has 1 fully saturated rings. The molecule has 0 N–H and O–H groups in total. The van der Waals surface area contributed by atoms with Crippen LogP contribution >= 0.6 is 0 Å². The number of benzene rings is 2. The van der Waals surface area contributed by atoms with E-state index in [1.165, 1.54) is 3.97 Å². The molecule has 0 atom stereocenters. The SMILES string of the molecule is O=S(=O)(c1ccccc1)n1cc(C[n+]2ccccc2C2OCCO2)c2ccccc21. The number of rotatable bonds is 5. The molecule has 0 bridgehead atoms. The van der Waals surface area contributed by atoms with Gasteiger partial charge in [0.1, 0.15) is 0 Å². The van der Waals surface area contributed by atoms with E-state index in [-0.39, 0.29) is 4.90 Å². The second-order valence-corrected chi connectivity index (χ2v) is 8.93. The smallest absolute Gasteiger partial charge is 0.268 e. The summed E-state index contributed by atoms with van der Waals surface area (Å²) in [6.07, 6.45) is 3.26. The first-order valence-electron chi connectivity index (χ1n) is 9.76. The summed E-state index contributed by atoms with van der Waals surface area (Å²) in [5.41, 5.74) is 2.46. The van der Waals surface area contributed by atoms with Crippen LogP contribution in [0.1, 0.15) is 17.5 Å². The van der Waals surface area contributed by atoms with E-state index in [0.717, 1.165) is 16.6 Å². The van der Waals surface area contributed by atoms with Crippen molar-refractivity contribution in [3.8, 4) is 0 Å². The van der Waals surface area contributed by atoms with E-state index in [9.17, 15) is 8.42 Å². The normalized spacial score (nSPS) is 15.1. The van der Waals surface area contributed by atoms with Crippen LogP contribution in [-0.2, 0) is 26.0 Å². The summed E-state index contributed by atoms with van der Waals surface area (Å²) in [4.78, 5) is 0.262. The highest BCUT2D eigenvalue weighted by atomic mass is 32.2. The molecule has 152 valence electrons. The molecular weight excluding hydrogens is 400 g/mol. The van der Waals surface area contributed by atoms with Gasteiger partial charge in [0.25, 0.3) is 10.0 Å². The van der Waals surface area contributed by atoms with Gasteiger partial charge < -0.3 is 9.47 Å². The van der Waals surface area contributed by atoms with Crippen LogP contribution in [0.15, 0.2) is 90.1 Å². The van der Waals surface area contributed by atoms with E-state index < -0.39 is 16.3 Å². The number of hydrogen-bond donors (Lipinski definition) is 0. The van der Waals surface area contributed by atoms with E-state index >= 15 is 0 Å². The number of ether oxygens (including phenoxy) is 2. The second-order valence-electron chi connectivity index (χ2n) is 7.11. The molecule has 0 amide bonds. The first-order valence-corrected chi connectivity index (χ1v) is 11.2. The fraction of sp³-hybridized carbons (Fsp3) is 0.174. The number of para-hydroxylation sites is 1. The van der Waals surface area contributed by atoms with Crippen LogP contribution in [0.5, 0.6) is 0 Å². The monoisotopic (exact) mass is 421 g/mol. The molecule has 2 aromatic heterocycles. The predicted molar refractivity (Wildman–Crippen MR) is 111 cm³/mol. The maximum atomic E-state index is 13.3. The summed E-state index contributed by atoms with van der Waals surface area (Å²) in [5.74, 6) is 0. The summed E-state index contributed by atoms with van der Waals surface area (Å²) in [6.45, 7) is 1.62. The Hall–Kier alpha value is -3.00. The molecule has 0 aliphatic carbocycles. The van der Waals surface area contributed by atoms with Crippen molar-refractivity contribution in [2.75, 3.05) is 13.2 Å². The molecule has 0 unspecified atom stereocenters. The summed E-state index contributed by atoms with van der Waals surface area (Å²) in [6, 6.07) is 21.9. The third-order valence-electron chi connectivity index (χ3n) is 5.24. The highest BCUT2D eigenvalue weighted by Crippen LogP contribution is 2.27. The van der Waals surface area contributed by atoms with Gasteiger partial charge in [-0.15, -0.1) is 0 Å². The Bertz CT molecular complexity index is 1290. The second kappa shape index (κ2) is 7.68. The Morgan fingerprint density at radius 3 is 2.40 bits per heavy atom. The lowest BCUT2D eigenvalue weighted by atomic mass is 10.1. The van der Waals surface area contributed by atoms with Crippen LogP contribution in [0.3, 0.4) is 0 Å². The number of fused-ring (bicyclic) bond motifs is 1. The first kappa shape index (κ1) is 19.0. The predicted octanol–water partition coefficient (Wildman–Crippen LogP) is 3.26. The number of nitrogens with zero attached hydrogens (tertiary/aromatic N) is 2. The maximum absolute atomic E-state index is 13.3. The van der Waals surface area contributed by atoms with E-state index in [0.29, 0.717) is 25.3 Å². The molecule has 4 aromatic rings. The largest absolute Gasteiger partial charge is 0.341 e. The van der Waals surface area contributed by atoms with Gasteiger partial charge in [-0.2, -0.15) is 4.57 Å². The van der Waals surface area contributed by atoms with E-state index in [1.807, 2.05) is 53.2 Å². The van der Waals surface area contributed by atoms with Crippen molar-refractivity contribution in [3.05, 3.63) is 96.4 Å².